The fourth-order valence-electron chi connectivity index (χ4n) is 10.1. The summed E-state index contributed by atoms with van der Waals surface area (Å²) >= 11 is 0. The van der Waals surface area contributed by atoms with Gasteiger partial charge in [0.1, 0.15) is 13.2 Å². The fourth-order valence-corrected chi connectivity index (χ4v) is 10.1. The van der Waals surface area contributed by atoms with E-state index in [2.05, 4.69) is 32.9 Å². The maximum Gasteiger partial charge on any atom is 0.306 e. The summed E-state index contributed by atoms with van der Waals surface area (Å²) < 4.78 is 16.9. The van der Waals surface area contributed by atoms with Crippen LogP contribution in [0.4, 0.5) is 0 Å². The number of rotatable bonds is 61. The van der Waals surface area contributed by atoms with Crippen LogP contribution >= 0.6 is 0 Å². The monoisotopic (exact) mass is 1010 g/mol. The number of hydrogen-bond acceptors (Lipinski definition) is 6. The maximum absolute atomic E-state index is 12.9. The van der Waals surface area contributed by atoms with Crippen molar-refractivity contribution in [1.29, 1.82) is 0 Å². The Morgan fingerprint density at radius 2 is 0.486 bits per heavy atom. The molecule has 0 aliphatic rings. The van der Waals surface area contributed by atoms with E-state index in [-0.39, 0.29) is 31.1 Å². The molecule has 0 aliphatic carbocycles. The quantitative estimate of drug-likeness (QED) is 0.0261. The predicted molar refractivity (Wildman–Crippen MR) is 312 cm³/mol. The molecular formula is C66H126O6. The van der Waals surface area contributed by atoms with Crippen molar-refractivity contribution < 1.29 is 28.6 Å². The molecule has 0 amide bonds. The van der Waals surface area contributed by atoms with Gasteiger partial charge in [-0.05, 0) is 38.5 Å². The van der Waals surface area contributed by atoms with E-state index >= 15 is 0 Å². The maximum atomic E-state index is 12.9. The van der Waals surface area contributed by atoms with Crippen molar-refractivity contribution in [2.45, 2.75) is 380 Å². The largest absolute Gasteiger partial charge is 0.462 e. The van der Waals surface area contributed by atoms with Gasteiger partial charge in [-0.2, -0.15) is 0 Å². The van der Waals surface area contributed by atoms with Crippen molar-refractivity contribution in [3.05, 3.63) is 12.2 Å². The van der Waals surface area contributed by atoms with Crippen LogP contribution in [0.3, 0.4) is 0 Å². The minimum atomic E-state index is -0.768. The highest BCUT2D eigenvalue weighted by atomic mass is 16.6. The van der Waals surface area contributed by atoms with Gasteiger partial charge in [0, 0.05) is 19.3 Å². The van der Waals surface area contributed by atoms with E-state index in [0.717, 1.165) is 70.6 Å². The van der Waals surface area contributed by atoms with Crippen LogP contribution in [-0.2, 0) is 28.6 Å². The van der Waals surface area contributed by atoms with E-state index in [1.165, 1.54) is 263 Å². The molecule has 0 aromatic rings. The number of carbonyl (C=O) groups excluding carboxylic acids is 3. The smallest absolute Gasteiger partial charge is 0.306 e. The Hall–Kier alpha value is -1.85. The number of ether oxygens (including phenoxy) is 3. The van der Waals surface area contributed by atoms with Gasteiger partial charge in [0.2, 0.25) is 0 Å². The molecule has 0 saturated heterocycles. The molecule has 0 saturated carbocycles. The Bertz CT molecular complexity index is 1120. The first kappa shape index (κ1) is 70.1. The third-order valence-electron chi connectivity index (χ3n) is 15.0. The van der Waals surface area contributed by atoms with Gasteiger partial charge in [-0.3, -0.25) is 14.4 Å². The molecule has 6 heteroatoms. The van der Waals surface area contributed by atoms with Gasteiger partial charge in [-0.1, -0.05) is 328 Å². The Labute approximate surface area is 450 Å². The fraction of sp³-hybridized carbons (Fsp3) is 0.924. The van der Waals surface area contributed by atoms with Gasteiger partial charge in [-0.15, -0.1) is 0 Å². The molecule has 0 aliphatic heterocycles. The van der Waals surface area contributed by atoms with Crippen molar-refractivity contribution in [3.63, 3.8) is 0 Å². The Morgan fingerprint density at radius 1 is 0.264 bits per heavy atom. The topological polar surface area (TPSA) is 78.9 Å². The summed E-state index contributed by atoms with van der Waals surface area (Å²) in [5.41, 5.74) is 0. The lowest BCUT2D eigenvalue weighted by Gasteiger charge is -2.18. The minimum Gasteiger partial charge on any atom is -0.462 e. The molecule has 0 aromatic heterocycles. The molecule has 0 rings (SSSR count). The van der Waals surface area contributed by atoms with E-state index in [0.29, 0.717) is 19.3 Å². The number of carbonyl (C=O) groups is 3. The van der Waals surface area contributed by atoms with Crippen LogP contribution < -0.4 is 0 Å². The van der Waals surface area contributed by atoms with E-state index < -0.39 is 6.10 Å². The first-order chi connectivity index (χ1) is 35.5. The molecule has 0 heterocycles. The van der Waals surface area contributed by atoms with Crippen molar-refractivity contribution in [2.75, 3.05) is 13.2 Å². The average molecular weight is 1020 g/mol. The first-order valence-electron chi connectivity index (χ1n) is 32.7. The van der Waals surface area contributed by atoms with Crippen molar-refractivity contribution in [3.8, 4) is 0 Å². The summed E-state index contributed by atoms with van der Waals surface area (Å²) in [6, 6.07) is 0. The highest BCUT2D eigenvalue weighted by molar-refractivity contribution is 5.71. The van der Waals surface area contributed by atoms with Gasteiger partial charge in [0.05, 0.1) is 0 Å². The molecular weight excluding hydrogens is 889 g/mol. The van der Waals surface area contributed by atoms with Crippen LogP contribution in [0.25, 0.3) is 0 Å². The molecule has 6 nitrogen and oxygen atoms in total. The predicted octanol–water partition coefficient (Wildman–Crippen LogP) is 22.1. The van der Waals surface area contributed by atoms with Gasteiger partial charge in [0.15, 0.2) is 6.10 Å². The lowest BCUT2D eigenvalue weighted by molar-refractivity contribution is -0.167. The molecule has 1 unspecified atom stereocenters. The molecule has 0 N–H and O–H groups in total. The Kier molecular flexibility index (Phi) is 60.1. The van der Waals surface area contributed by atoms with Crippen LogP contribution in [0.5, 0.6) is 0 Å². The second-order valence-corrected chi connectivity index (χ2v) is 22.4. The second kappa shape index (κ2) is 61.7. The highest BCUT2D eigenvalue weighted by Crippen LogP contribution is 2.19. The summed E-state index contributed by atoms with van der Waals surface area (Å²) in [5.74, 6) is -0.848. The van der Waals surface area contributed by atoms with E-state index in [4.69, 9.17) is 14.2 Å². The summed E-state index contributed by atoms with van der Waals surface area (Å²) in [4.78, 5) is 38.2. The lowest BCUT2D eigenvalue weighted by Crippen LogP contribution is -2.30. The highest BCUT2D eigenvalue weighted by Gasteiger charge is 2.19. The van der Waals surface area contributed by atoms with Crippen molar-refractivity contribution in [1.82, 2.24) is 0 Å². The molecule has 0 radical (unpaired) electrons. The average Bonchev–Trinajstić information content (AvgIpc) is 3.38. The third kappa shape index (κ3) is 59.0. The summed E-state index contributed by atoms with van der Waals surface area (Å²) in [6.45, 7) is 6.65. The molecule has 0 fully saturated rings. The van der Waals surface area contributed by atoms with Crippen molar-refractivity contribution in [2.24, 2.45) is 0 Å². The van der Waals surface area contributed by atoms with Crippen LogP contribution in [0.2, 0.25) is 0 Å². The van der Waals surface area contributed by atoms with Crippen molar-refractivity contribution >= 4 is 17.9 Å². The second-order valence-electron chi connectivity index (χ2n) is 22.4. The normalized spacial score (nSPS) is 12.0. The molecule has 426 valence electrons. The Balaban J connectivity index is 4.16. The summed E-state index contributed by atoms with van der Waals surface area (Å²) in [6.07, 6.45) is 72.4. The third-order valence-corrected chi connectivity index (χ3v) is 15.0. The number of esters is 3. The standard InChI is InChI=1S/C66H126O6/c1-4-7-10-13-16-19-22-24-26-28-30-32-34-36-38-40-42-44-47-50-53-56-59-65(68)71-62-63(61-70-64(67)58-55-52-49-46-21-18-15-12-9-6-3)72-66(69)60-57-54-51-48-45-43-41-39-37-35-33-31-29-27-25-23-20-17-14-11-8-5-2/h12,15,63H,4-11,13-14,16-62H2,1-3H3/b15-12-. The lowest BCUT2D eigenvalue weighted by atomic mass is 10.0. The molecule has 0 spiro atoms. The van der Waals surface area contributed by atoms with Crippen LogP contribution in [0, 0.1) is 0 Å². The summed E-state index contributed by atoms with van der Waals surface area (Å²) in [7, 11) is 0. The van der Waals surface area contributed by atoms with E-state index in [1.807, 2.05) is 0 Å². The number of hydrogen-bond donors (Lipinski definition) is 0. The van der Waals surface area contributed by atoms with Crippen LogP contribution in [-0.4, -0.2) is 37.2 Å². The molecule has 72 heavy (non-hydrogen) atoms. The molecule has 1 atom stereocenters. The van der Waals surface area contributed by atoms with Crippen LogP contribution in [0.1, 0.15) is 374 Å². The zero-order chi connectivity index (χ0) is 52.2. The van der Waals surface area contributed by atoms with Gasteiger partial charge in [0.25, 0.3) is 0 Å². The molecule has 0 aromatic carbocycles. The number of allylic oxidation sites excluding steroid dienone is 2. The minimum absolute atomic E-state index is 0.0662. The van der Waals surface area contributed by atoms with Gasteiger partial charge in [-0.25, -0.2) is 0 Å². The van der Waals surface area contributed by atoms with Gasteiger partial charge >= 0.3 is 17.9 Å². The zero-order valence-electron chi connectivity index (χ0n) is 49.0. The first-order valence-corrected chi connectivity index (χ1v) is 32.7. The van der Waals surface area contributed by atoms with E-state index in [1.54, 1.807) is 0 Å². The Morgan fingerprint density at radius 3 is 0.750 bits per heavy atom. The SMILES string of the molecule is CCC/C=C\CCCCCCCC(=O)OCC(COC(=O)CCCCCCCCCCCCCCCCCCCCCCCC)OC(=O)CCCCCCCCCCCCCCCCCCCCCCCC. The zero-order valence-corrected chi connectivity index (χ0v) is 49.0. The van der Waals surface area contributed by atoms with E-state index in [9.17, 15) is 14.4 Å². The summed E-state index contributed by atoms with van der Waals surface area (Å²) in [5, 5.41) is 0. The molecule has 0 bridgehead atoms. The van der Waals surface area contributed by atoms with Crippen LogP contribution in [0.15, 0.2) is 12.2 Å². The van der Waals surface area contributed by atoms with Gasteiger partial charge < -0.3 is 14.2 Å². The number of unbranched alkanes of at least 4 members (excludes halogenated alkanes) is 48.